The van der Waals surface area contributed by atoms with Crippen molar-refractivity contribution in [2.24, 2.45) is 0 Å². The molecule has 1 amide bonds. The number of aryl methyl sites for hydroxylation is 1. The summed E-state index contributed by atoms with van der Waals surface area (Å²) in [6.45, 7) is 5.02. The van der Waals surface area contributed by atoms with E-state index in [-0.39, 0.29) is 5.91 Å². The molecule has 0 aliphatic heterocycles. The Bertz CT molecular complexity index is 352. The average Bonchev–Trinajstić information content (AvgIpc) is 2.31. The zero-order valence-corrected chi connectivity index (χ0v) is 12.0. The van der Waals surface area contributed by atoms with E-state index >= 15 is 0 Å². The maximum absolute atomic E-state index is 11.9. The van der Waals surface area contributed by atoms with Crippen LogP contribution in [0.5, 0.6) is 0 Å². The summed E-state index contributed by atoms with van der Waals surface area (Å²) in [4.78, 5) is 13.8. The molecule has 0 spiro atoms. The number of hydrogen-bond acceptors (Lipinski definition) is 1. The Morgan fingerprint density at radius 1 is 1.38 bits per heavy atom. The maximum atomic E-state index is 11.9. The number of rotatable bonds is 5. The third-order valence-corrected chi connectivity index (χ3v) is 3.21. The summed E-state index contributed by atoms with van der Waals surface area (Å²) in [5, 5.41) is 0. The highest BCUT2D eigenvalue weighted by atomic mass is 127. The van der Waals surface area contributed by atoms with Crippen LogP contribution < -0.4 is 4.90 Å². The Labute approximate surface area is 111 Å². The van der Waals surface area contributed by atoms with E-state index in [1.807, 2.05) is 23.1 Å². The number of hydrogen-bond donors (Lipinski definition) is 0. The van der Waals surface area contributed by atoms with Crippen molar-refractivity contribution in [3.63, 3.8) is 0 Å². The first-order chi connectivity index (χ1) is 7.70. The van der Waals surface area contributed by atoms with Gasteiger partial charge in [-0.15, -0.1) is 0 Å². The van der Waals surface area contributed by atoms with Crippen LogP contribution in [0.1, 0.15) is 25.3 Å². The van der Waals surface area contributed by atoms with Crippen molar-refractivity contribution in [1.82, 2.24) is 0 Å². The fraction of sp³-hybridized carbons (Fsp3) is 0.462. The molecule has 0 saturated heterocycles. The number of benzene rings is 1. The number of halogens is 1. The first kappa shape index (κ1) is 13.5. The van der Waals surface area contributed by atoms with Gasteiger partial charge in [0, 0.05) is 12.2 Å². The first-order valence-corrected chi connectivity index (χ1v) is 7.15. The fourth-order valence-electron chi connectivity index (χ4n) is 1.63. The summed E-state index contributed by atoms with van der Waals surface area (Å²) in [5.41, 5.74) is 2.22. The van der Waals surface area contributed by atoms with Crippen molar-refractivity contribution in [3.8, 4) is 0 Å². The standard InChI is InChI=1S/C13H18INO/c1-3-4-9-15(13(16)10-14)12-8-6-5-7-11(12)2/h5-8H,3-4,9-10H2,1-2H3. The molecule has 88 valence electrons. The smallest absolute Gasteiger partial charge is 0.236 e. The van der Waals surface area contributed by atoms with E-state index in [0.29, 0.717) is 4.43 Å². The molecule has 1 aromatic rings. The Kier molecular flexibility index (Phi) is 5.80. The minimum absolute atomic E-state index is 0.198. The van der Waals surface area contributed by atoms with Crippen LogP contribution >= 0.6 is 22.6 Å². The fourth-order valence-corrected chi connectivity index (χ4v) is 2.05. The van der Waals surface area contributed by atoms with Gasteiger partial charge in [-0.05, 0) is 25.0 Å². The van der Waals surface area contributed by atoms with Gasteiger partial charge in [-0.25, -0.2) is 0 Å². The minimum Gasteiger partial charge on any atom is -0.312 e. The van der Waals surface area contributed by atoms with E-state index in [9.17, 15) is 4.79 Å². The van der Waals surface area contributed by atoms with Crippen LogP contribution in [0.15, 0.2) is 24.3 Å². The normalized spacial score (nSPS) is 10.2. The lowest BCUT2D eigenvalue weighted by Gasteiger charge is -2.23. The topological polar surface area (TPSA) is 20.3 Å². The van der Waals surface area contributed by atoms with Gasteiger partial charge in [0.25, 0.3) is 0 Å². The number of carbonyl (C=O) groups is 1. The lowest BCUT2D eigenvalue weighted by atomic mass is 10.1. The molecule has 0 aliphatic rings. The summed E-state index contributed by atoms with van der Waals surface area (Å²) in [5.74, 6) is 0.198. The lowest BCUT2D eigenvalue weighted by Crippen LogP contribution is -2.33. The van der Waals surface area contributed by atoms with Gasteiger partial charge < -0.3 is 4.90 Å². The van der Waals surface area contributed by atoms with Crippen molar-refractivity contribution in [3.05, 3.63) is 29.8 Å². The van der Waals surface area contributed by atoms with Gasteiger partial charge in [0.05, 0.1) is 4.43 Å². The molecule has 0 atom stereocenters. The third-order valence-electron chi connectivity index (χ3n) is 2.56. The van der Waals surface area contributed by atoms with Crippen LogP contribution in [0.2, 0.25) is 0 Å². The molecule has 16 heavy (non-hydrogen) atoms. The highest BCUT2D eigenvalue weighted by Crippen LogP contribution is 2.20. The molecule has 0 bridgehead atoms. The summed E-state index contributed by atoms with van der Waals surface area (Å²) in [7, 11) is 0. The van der Waals surface area contributed by atoms with E-state index in [2.05, 4.69) is 42.5 Å². The minimum atomic E-state index is 0.198. The van der Waals surface area contributed by atoms with Crippen molar-refractivity contribution in [1.29, 1.82) is 0 Å². The highest BCUT2D eigenvalue weighted by molar-refractivity contribution is 14.1. The van der Waals surface area contributed by atoms with E-state index in [4.69, 9.17) is 0 Å². The second kappa shape index (κ2) is 6.89. The summed E-state index contributed by atoms with van der Waals surface area (Å²) < 4.78 is 0.538. The quantitative estimate of drug-likeness (QED) is 0.597. The SMILES string of the molecule is CCCCN(C(=O)CI)c1ccccc1C. The molecule has 0 N–H and O–H groups in total. The van der Waals surface area contributed by atoms with E-state index in [1.165, 1.54) is 0 Å². The Balaban J connectivity index is 2.92. The van der Waals surface area contributed by atoms with Crippen molar-refractivity contribution < 1.29 is 4.79 Å². The Morgan fingerprint density at radius 3 is 2.62 bits per heavy atom. The number of nitrogens with zero attached hydrogens (tertiary/aromatic N) is 1. The van der Waals surface area contributed by atoms with Gasteiger partial charge in [-0.2, -0.15) is 0 Å². The number of unbranched alkanes of at least 4 members (excludes halogenated alkanes) is 1. The third kappa shape index (κ3) is 3.47. The Morgan fingerprint density at radius 2 is 2.06 bits per heavy atom. The highest BCUT2D eigenvalue weighted by Gasteiger charge is 2.14. The van der Waals surface area contributed by atoms with Crippen molar-refractivity contribution in [2.45, 2.75) is 26.7 Å². The van der Waals surface area contributed by atoms with Gasteiger partial charge in [0.1, 0.15) is 0 Å². The zero-order valence-electron chi connectivity index (χ0n) is 9.87. The molecule has 1 aromatic carbocycles. The van der Waals surface area contributed by atoms with Crippen LogP contribution in [-0.2, 0) is 4.79 Å². The molecule has 0 saturated carbocycles. The zero-order chi connectivity index (χ0) is 12.0. The molecule has 0 fully saturated rings. The maximum Gasteiger partial charge on any atom is 0.236 e. The molecule has 0 aliphatic carbocycles. The van der Waals surface area contributed by atoms with Gasteiger partial charge in [-0.1, -0.05) is 54.1 Å². The van der Waals surface area contributed by atoms with Crippen molar-refractivity contribution >= 4 is 34.2 Å². The van der Waals surface area contributed by atoms with Crippen LogP contribution in [0.4, 0.5) is 5.69 Å². The summed E-state index contributed by atoms with van der Waals surface area (Å²) in [6, 6.07) is 8.07. The Hall–Kier alpha value is -0.580. The van der Waals surface area contributed by atoms with Crippen molar-refractivity contribution in [2.75, 3.05) is 15.9 Å². The molecule has 0 unspecified atom stereocenters. The second-order valence-corrected chi connectivity index (χ2v) is 4.58. The van der Waals surface area contributed by atoms with E-state index in [0.717, 1.165) is 30.6 Å². The monoisotopic (exact) mass is 331 g/mol. The number of para-hydroxylation sites is 1. The number of anilines is 1. The molecular formula is C13H18INO. The second-order valence-electron chi connectivity index (χ2n) is 3.82. The molecule has 1 rings (SSSR count). The summed E-state index contributed by atoms with van der Waals surface area (Å²) in [6.07, 6.45) is 2.16. The van der Waals surface area contributed by atoms with Gasteiger partial charge in [0.2, 0.25) is 5.91 Å². The number of carbonyl (C=O) groups excluding carboxylic acids is 1. The first-order valence-electron chi connectivity index (χ1n) is 5.62. The molecular weight excluding hydrogens is 313 g/mol. The molecule has 0 aromatic heterocycles. The molecule has 0 heterocycles. The van der Waals surface area contributed by atoms with Crippen LogP contribution in [0.3, 0.4) is 0 Å². The van der Waals surface area contributed by atoms with Gasteiger partial charge in [0.15, 0.2) is 0 Å². The number of amides is 1. The van der Waals surface area contributed by atoms with E-state index in [1.54, 1.807) is 0 Å². The largest absolute Gasteiger partial charge is 0.312 e. The van der Waals surface area contributed by atoms with Crippen LogP contribution in [0, 0.1) is 6.92 Å². The molecule has 3 heteroatoms. The number of alkyl halides is 1. The predicted octanol–water partition coefficient (Wildman–Crippen LogP) is 3.56. The van der Waals surface area contributed by atoms with Gasteiger partial charge >= 0.3 is 0 Å². The molecule has 0 radical (unpaired) electrons. The van der Waals surface area contributed by atoms with Crippen LogP contribution in [0.25, 0.3) is 0 Å². The van der Waals surface area contributed by atoms with Crippen LogP contribution in [-0.4, -0.2) is 16.9 Å². The lowest BCUT2D eigenvalue weighted by molar-refractivity contribution is -0.116. The molecule has 2 nitrogen and oxygen atoms in total. The average molecular weight is 331 g/mol. The predicted molar refractivity (Wildman–Crippen MR) is 77.3 cm³/mol. The van der Waals surface area contributed by atoms with Gasteiger partial charge in [-0.3, -0.25) is 4.79 Å². The summed E-state index contributed by atoms with van der Waals surface area (Å²) >= 11 is 2.13. The van der Waals surface area contributed by atoms with E-state index < -0.39 is 0 Å².